The Morgan fingerprint density at radius 2 is 1.18 bits per heavy atom. The van der Waals surface area contributed by atoms with Crippen LogP contribution in [0.25, 0.3) is 33.3 Å². The molecule has 2 fully saturated rings. The minimum Gasteiger partial charge on any atom is -0.453 e. The average Bonchev–Trinajstić information content (AvgIpc) is 4.07. The average molecular weight is 862 g/mol. The van der Waals surface area contributed by atoms with Crippen molar-refractivity contribution in [3.8, 4) is 22.3 Å². The van der Waals surface area contributed by atoms with Gasteiger partial charge in [0.1, 0.15) is 17.9 Å². The number of likely N-dealkylation sites (tertiary alicyclic amines) is 2. The number of aromatic nitrogens is 2. The smallest absolute Gasteiger partial charge is 0.407 e. The second-order valence-electron chi connectivity index (χ2n) is 16.9. The molecule has 0 spiro atoms. The quantitative estimate of drug-likeness (QED) is 0.122. The Morgan fingerprint density at radius 3 is 1.69 bits per heavy atom. The van der Waals surface area contributed by atoms with Crippen LogP contribution >= 0.6 is 0 Å². The van der Waals surface area contributed by atoms with Crippen molar-refractivity contribution in [3.05, 3.63) is 72.1 Å². The molecule has 0 radical (unpaired) electrons. The monoisotopic (exact) mass is 861 g/mol. The van der Waals surface area contributed by atoms with Gasteiger partial charge in [-0.15, -0.1) is 0 Å². The third-order valence-electron chi connectivity index (χ3n) is 12.2. The van der Waals surface area contributed by atoms with Gasteiger partial charge in [0.05, 0.1) is 43.0 Å². The lowest BCUT2D eigenvalue weighted by atomic mass is 9.96. The summed E-state index contributed by atoms with van der Waals surface area (Å²) in [7, 11) is 2.38. The van der Waals surface area contributed by atoms with Crippen molar-refractivity contribution in [2.45, 2.75) is 84.0 Å². The van der Waals surface area contributed by atoms with Crippen molar-refractivity contribution in [3.63, 3.8) is 0 Å². The lowest BCUT2D eigenvalue weighted by Crippen LogP contribution is -2.54. The third-order valence-corrected chi connectivity index (χ3v) is 12.2. The third kappa shape index (κ3) is 8.98. The number of halogens is 4. The van der Waals surface area contributed by atoms with Crippen molar-refractivity contribution < 1.29 is 46.2 Å². The largest absolute Gasteiger partial charge is 0.453 e. The van der Waals surface area contributed by atoms with E-state index < -0.39 is 72.9 Å². The fourth-order valence-electron chi connectivity index (χ4n) is 8.72. The summed E-state index contributed by atoms with van der Waals surface area (Å²) in [6.45, 7) is 6.71. The molecule has 7 rings (SSSR count). The molecule has 17 heteroatoms. The van der Waals surface area contributed by atoms with Crippen molar-refractivity contribution in [2.24, 2.45) is 28.7 Å². The number of nitrogens with zero attached hydrogens (tertiary/aromatic N) is 4. The van der Waals surface area contributed by atoms with Crippen molar-refractivity contribution in [2.75, 3.05) is 27.3 Å². The fourth-order valence-corrected chi connectivity index (χ4v) is 8.72. The van der Waals surface area contributed by atoms with E-state index in [9.17, 15) is 36.7 Å². The van der Waals surface area contributed by atoms with Crippen LogP contribution in [-0.4, -0.2) is 108 Å². The zero-order valence-electron chi connectivity index (χ0n) is 35.3. The Bertz CT molecular complexity index is 2350. The Morgan fingerprint density at radius 1 is 0.694 bits per heavy atom. The minimum atomic E-state index is -2.65. The maximum Gasteiger partial charge on any atom is 0.407 e. The Kier molecular flexibility index (Phi) is 12.9. The van der Waals surface area contributed by atoms with E-state index in [0.29, 0.717) is 34.7 Å². The number of H-pyrrole nitrogens is 1. The van der Waals surface area contributed by atoms with Crippen molar-refractivity contribution >= 4 is 46.4 Å². The van der Waals surface area contributed by atoms with Crippen LogP contribution in [0.1, 0.15) is 58.0 Å². The number of alkyl carbamates (subject to hydrolysis) is 2. The van der Waals surface area contributed by atoms with E-state index in [2.05, 4.69) is 15.6 Å². The number of fused-ring (bicyclic) bond motifs is 2. The fraction of sp³-hybridized carbons (Fsp3) is 0.467. The number of imidazole rings is 1. The minimum absolute atomic E-state index is 0.00267. The van der Waals surface area contributed by atoms with E-state index in [0.717, 1.165) is 27.8 Å². The van der Waals surface area contributed by atoms with Gasteiger partial charge in [-0.05, 0) is 70.7 Å². The number of benzene rings is 3. The van der Waals surface area contributed by atoms with Crippen LogP contribution in [0.3, 0.4) is 0 Å². The highest BCUT2D eigenvalue weighted by Crippen LogP contribution is 2.40. The number of nitrogens with one attached hydrogen (secondary N) is 3. The van der Waals surface area contributed by atoms with Crippen molar-refractivity contribution in [1.29, 1.82) is 0 Å². The normalized spacial score (nSPS) is 20.8. The second kappa shape index (κ2) is 18.2. The maximum absolute atomic E-state index is 14.1. The molecule has 0 bridgehead atoms. The molecule has 3 aliphatic rings. The molecule has 4 amide bonds. The summed E-state index contributed by atoms with van der Waals surface area (Å²) in [6.07, 6.45) is -6.36. The van der Waals surface area contributed by atoms with Gasteiger partial charge in [-0.25, -0.2) is 32.1 Å². The zero-order valence-corrected chi connectivity index (χ0v) is 35.3. The molecule has 4 heterocycles. The van der Waals surface area contributed by atoms with Gasteiger partial charge < -0.3 is 34.9 Å². The summed E-state index contributed by atoms with van der Waals surface area (Å²) in [5, 5.41) is 5.11. The molecule has 4 aromatic rings. The molecule has 3 aromatic carbocycles. The predicted molar refractivity (Wildman–Crippen MR) is 224 cm³/mol. The van der Waals surface area contributed by atoms with E-state index in [1.807, 2.05) is 60.7 Å². The van der Waals surface area contributed by atoms with Gasteiger partial charge >= 0.3 is 12.2 Å². The lowest BCUT2D eigenvalue weighted by molar-refractivity contribution is -0.136. The number of ether oxygens (including phenoxy) is 2. The Labute approximate surface area is 356 Å². The summed E-state index contributed by atoms with van der Waals surface area (Å²) in [4.78, 5) is 67.3. The molecule has 330 valence electrons. The van der Waals surface area contributed by atoms with E-state index in [1.54, 1.807) is 27.7 Å². The molecule has 3 aliphatic heterocycles. The molecule has 1 aromatic heterocycles. The number of carbonyl (C=O) groups excluding carboxylic acids is 4. The molecule has 0 saturated carbocycles. The summed E-state index contributed by atoms with van der Waals surface area (Å²) in [5.41, 5.74) is 7.08. The number of alkyl halides is 4. The van der Waals surface area contributed by atoms with Gasteiger partial charge in [0, 0.05) is 37.1 Å². The molecule has 6 atom stereocenters. The summed E-state index contributed by atoms with van der Waals surface area (Å²) in [5.74, 6) is -3.30. The number of carbonyl (C=O) groups is 4. The standard InChI is InChI=1S/C45H51F4N7O6/c1-22(2)37(53-44(59)61-5)42(57)55-20-29(39(46)47)18-35(55)34-17-28-12-11-26(15-32(28)50-34)24-7-9-25(10-8-24)27-13-14-31-33(16-27)52-41(51-31)36-19-30(40(48)49)21-56(36)43(58)38(23(3)4)54-45(60)62-6/h7-16,22-23,29-30,35-40H,17-21H2,1-6H3,(H,51,52)(H,53,59)(H,54,60)/t29-,30-,35-,36-,37-,38-/m0/s1. The van der Waals surface area contributed by atoms with Crippen LogP contribution in [0.5, 0.6) is 0 Å². The van der Waals surface area contributed by atoms with Crippen LogP contribution in [0.15, 0.2) is 65.7 Å². The molecule has 2 saturated heterocycles. The first-order valence-electron chi connectivity index (χ1n) is 20.7. The maximum atomic E-state index is 14.1. The molecule has 62 heavy (non-hydrogen) atoms. The van der Waals surface area contributed by atoms with Gasteiger partial charge in [0.25, 0.3) is 0 Å². The Balaban J connectivity index is 1.09. The van der Waals surface area contributed by atoms with Crippen LogP contribution < -0.4 is 10.6 Å². The highest BCUT2D eigenvalue weighted by molar-refractivity contribution is 6.01. The number of amides is 4. The molecular weight excluding hydrogens is 811 g/mol. The van der Waals surface area contributed by atoms with E-state index in [4.69, 9.17) is 19.5 Å². The van der Waals surface area contributed by atoms with Gasteiger partial charge in [-0.2, -0.15) is 0 Å². The first kappa shape index (κ1) is 44.1. The number of aromatic amines is 1. The molecule has 0 aliphatic carbocycles. The lowest BCUT2D eigenvalue weighted by Gasteiger charge is -2.31. The molecular formula is C45H51F4N7O6. The van der Waals surface area contributed by atoms with Crippen molar-refractivity contribution in [1.82, 2.24) is 30.4 Å². The highest BCUT2D eigenvalue weighted by atomic mass is 19.3. The Hall–Kier alpha value is -6.00. The second-order valence-corrected chi connectivity index (χ2v) is 16.9. The zero-order chi connectivity index (χ0) is 44.6. The molecule has 3 N–H and O–H groups in total. The number of hydrogen-bond acceptors (Lipinski definition) is 8. The first-order chi connectivity index (χ1) is 29.6. The van der Waals surface area contributed by atoms with Crippen LogP contribution in [0, 0.1) is 23.7 Å². The van der Waals surface area contributed by atoms with Gasteiger partial charge in [0.2, 0.25) is 24.7 Å². The van der Waals surface area contributed by atoms with Gasteiger partial charge in [0.15, 0.2) is 0 Å². The van der Waals surface area contributed by atoms with Crippen LogP contribution in [-0.2, 0) is 25.5 Å². The van der Waals surface area contributed by atoms with Gasteiger partial charge in [-0.3, -0.25) is 14.6 Å². The summed E-state index contributed by atoms with van der Waals surface area (Å²) < 4.78 is 65.6. The molecule has 13 nitrogen and oxygen atoms in total. The van der Waals surface area contributed by atoms with E-state index in [1.165, 1.54) is 24.0 Å². The topological polar surface area (TPSA) is 158 Å². The predicted octanol–water partition coefficient (Wildman–Crippen LogP) is 7.92. The number of hydrogen-bond donors (Lipinski definition) is 3. The summed E-state index contributed by atoms with van der Waals surface area (Å²) >= 11 is 0. The van der Waals surface area contributed by atoms with Gasteiger partial charge in [-0.1, -0.05) is 70.2 Å². The number of methoxy groups -OCH3 is 2. The highest BCUT2D eigenvalue weighted by Gasteiger charge is 2.46. The number of aliphatic imine (C=N–C) groups is 1. The number of rotatable bonds is 12. The summed E-state index contributed by atoms with van der Waals surface area (Å²) in [6, 6.07) is 16.1. The van der Waals surface area contributed by atoms with E-state index in [-0.39, 0.29) is 37.8 Å². The van der Waals surface area contributed by atoms with Crippen LogP contribution in [0.4, 0.5) is 32.8 Å². The molecule has 0 unspecified atom stereocenters. The van der Waals surface area contributed by atoms with Crippen LogP contribution in [0.2, 0.25) is 0 Å². The van der Waals surface area contributed by atoms with E-state index >= 15 is 0 Å². The SMILES string of the molecule is COC(=O)N[C@H](C(=O)N1C[C@@H](C(F)F)C[C@H]1C1=Nc2cc(-c3ccc(-c4ccc5nc([C@@H]6C[C@H](C(F)F)CN6C(=O)[C@@H](NC(=O)OC)C(C)C)[nH]c5c4)cc3)ccc2C1)C(C)C. The first-order valence-corrected chi connectivity index (χ1v) is 20.7.